The van der Waals surface area contributed by atoms with Gasteiger partial charge in [-0.25, -0.2) is 0 Å². The minimum Gasteiger partial charge on any atom is -0.491 e. The highest BCUT2D eigenvalue weighted by molar-refractivity contribution is 5.95. The van der Waals surface area contributed by atoms with Crippen LogP contribution < -0.4 is 16.2 Å². The van der Waals surface area contributed by atoms with Gasteiger partial charge in [0.25, 0.3) is 5.91 Å². The number of hydrogen-bond acceptors (Lipinski definition) is 4. The first-order valence-corrected chi connectivity index (χ1v) is 5.47. The predicted molar refractivity (Wildman–Crippen MR) is 67.1 cm³/mol. The third-order valence-electron chi connectivity index (χ3n) is 2.39. The van der Waals surface area contributed by atoms with Gasteiger partial charge in [0.2, 0.25) is 0 Å². The molecule has 94 valence electrons. The molecular weight excluding hydrogens is 232 g/mol. The largest absolute Gasteiger partial charge is 0.491 e. The Bertz CT molecular complexity index is 551. The van der Waals surface area contributed by atoms with Gasteiger partial charge in [0.05, 0.1) is 12.1 Å². The fourth-order valence-electron chi connectivity index (χ4n) is 1.55. The summed E-state index contributed by atoms with van der Waals surface area (Å²) in [4.78, 5) is 11.2. The van der Waals surface area contributed by atoms with Crippen LogP contribution in [-0.2, 0) is 6.54 Å². The second-order valence-electron chi connectivity index (χ2n) is 3.71. The zero-order valence-electron chi connectivity index (χ0n) is 9.74. The van der Waals surface area contributed by atoms with Crippen LogP contribution in [0, 0.1) is 0 Å². The molecule has 4 N–H and O–H groups in total. The van der Waals surface area contributed by atoms with Crippen LogP contribution in [-0.4, -0.2) is 22.3 Å². The van der Waals surface area contributed by atoms with E-state index in [2.05, 4.69) is 5.10 Å². The maximum atomic E-state index is 11.2. The summed E-state index contributed by atoms with van der Waals surface area (Å²) in [6.45, 7) is 0.926. The van der Waals surface area contributed by atoms with Crippen molar-refractivity contribution in [2.24, 2.45) is 5.73 Å². The van der Waals surface area contributed by atoms with Crippen molar-refractivity contribution in [2.75, 3.05) is 12.3 Å². The Kier molecular flexibility index (Phi) is 3.47. The first kappa shape index (κ1) is 12.0. The fraction of sp³-hybridized carbons (Fsp3) is 0.167. The Balaban J connectivity index is 1.96. The lowest BCUT2D eigenvalue weighted by Gasteiger charge is -2.09. The zero-order valence-corrected chi connectivity index (χ0v) is 9.74. The molecule has 6 nitrogen and oxygen atoms in total. The van der Waals surface area contributed by atoms with E-state index in [1.54, 1.807) is 41.2 Å². The van der Waals surface area contributed by atoms with Crippen molar-refractivity contribution in [1.29, 1.82) is 0 Å². The Morgan fingerprint density at radius 3 is 2.78 bits per heavy atom. The number of ether oxygens (including phenoxy) is 1. The van der Waals surface area contributed by atoms with Crippen LogP contribution in [0.25, 0.3) is 0 Å². The normalized spacial score (nSPS) is 10.2. The van der Waals surface area contributed by atoms with Crippen molar-refractivity contribution in [3.8, 4) is 5.75 Å². The van der Waals surface area contributed by atoms with Gasteiger partial charge in [0, 0.05) is 6.20 Å². The fourth-order valence-corrected chi connectivity index (χ4v) is 1.55. The molecule has 2 rings (SSSR count). The molecule has 1 aromatic heterocycles. The molecule has 0 unspecified atom stereocenters. The number of nitrogens with zero attached hydrogens (tertiary/aromatic N) is 2. The number of rotatable bonds is 5. The summed E-state index contributed by atoms with van der Waals surface area (Å²) in [6.07, 6.45) is 1.76. The molecule has 18 heavy (non-hydrogen) atoms. The van der Waals surface area contributed by atoms with Gasteiger partial charge in [0.1, 0.15) is 18.2 Å². The van der Waals surface area contributed by atoms with Crippen molar-refractivity contribution in [3.05, 3.63) is 42.1 Å². The van der Waals surface area contributed by atoms with Gasteiger partial charge in [-0.2, -0.15) is 5.10 Å². The standard InChI is InChI=1S/C12H14N4O2/c13-11-5-6-16(15-11)7-8-18-10-4-2-1-3-9(10)12(14)17/h1-6H,7-8H2,(H2,13,15)(H2,14,17). The maximum Gasteiger partial charge on any atom is 0.252 e. The molecule has 0 bridgehead atoms. The minimum absolute atomic E-state index is 0.373. The summed E-state index contributed by atoms with van der Waals surface area (Å²) >= 11 is 0. The molecule has 0 atom stereocenters. The number of nitrogen functional groups attached to an aromatic ring is 1. The summed E-state index contributed by atoms with van der Waals surface area (Å²) < 4.78 is 7.18. The van der Waals surface area contributed by atoms with Crippen LogP contribution in [0.5, 0.6) is 5.75 Å². The zero-order chi connectivity index (χ0) is 13.0. The number of carbonyl (C=O) groups is 1. The SMILES string of the molecule is NC(=O)c1ccccc1OCCn1ccc(N)n1. The molecule has 6 heteroatoms. The third-order valence-corrected chi connectivity index (χ3v) is 2.39. The number of primary amides is 1. The number of para-hydroxylation sites is 1. The van der Waals surface area contributed by atoms with Crippen molar-refractivity contribution in [1.82, 2.24) is 9.78 Å². The molecule has 0 aliphatic heterocycles. The molecule has 0 spiro atoms. The molecule has 0 radical (unpaired) electrons. The van der Waals surface area contributed by atoms with Gasteiger partial charge in [-0.15, -0.1) is 0 Å². The highest BCUT2D eigenvalue weighted by Crippen LogP contribution is 2.17. The molecule has 2 aromatic rings. The van der Waals surface area contributed by atoms with Gasteiger partial charge >= 0.3 is 0 Å². The molecule has 0 saturated carbocycles. The summed E-state index contributed by atoms with van der Waals surface area (Å²) in [6, 6.07) is 8.56. The molecule has 0 aliphatic rings. The predicted octanol–water partition coefficient (Wildman–Crippen LogP) is 0.643. The van der Waals surface area contributed by atoms with Gasteiger partial charge in [0.15, 0.2) is 0 Å². The molecule has 0 fully saturated rings. The van der Waals surface area contributed by atoms with E-state index in [1.807, 2.05) is 0 Å². The molecule has 0 aliphatic carbocycles. The van der Waals surface area contributed by atoms with E-state index in [0.29, 0.717) is 30.3 Å². The van der Waals surface area contributed by atoms with E-state index in [-0.39, 0.29) is 0 Å². The van der Waals surface area contributed by atoms with Crippen LogP contribution in [0.15, 0.2) is 36.5 Å². The van der Waals surface area contributed by atoms with Crippen LogP contribution in [0.1, 0.15) is 10.4 Å². The Labute approximate surface area is 104 Å². The second-order valence-corrected chi connectivity index (χ2v) is 3.71. The van der Waals surface area contributed by atoms with Crippen molar-refractivity contribution >= 4 is 11.7 Å². The van der Waals surface area contributed by atoms with Gasteiger partial charge in [-0.1, -0.05) is 12.1 Å². The molecule has 1 aromatic carbocycles. The molecular formula is C12H14N4O2. The summed E-state index contributed by atoms with van der Waals surface area (Å²) in [5, 5.41) is 4.02. The number of nitrogens with two attached hydrogens (primary N) is 2. The number of anilines is 1. The lowest BCUT2D eigenvalue weighted by Crippen LogP contribution is -2.15. The lowest BCUT2D eigenvalue weighted by molar-refractivity contribution is 0.0996. The Morgan fingerprint density at radius 2 is 2.11 bits per heavy atom. The number of aromatic nitrogens is 2. The van der Waals surface area contributed by atoms with Crippen molar-refractivity contribution < 1.29 is 9.53 Å². The van der Waals surface area contributed by atoms with Crippen molar-refractivity contribution in [3.63, 3.8) is 0 Å². The second kappa shape index (κ2) is 5.22. The monoisotopic (exact) mass is 246 g/mol. The maximum absolute atomic E-state index is 11.2. The van der Waals surface area contributed by atoms with E-state index in [4.69, 9.17) is 16.2 Å². The highest BCUT2D eigenvalue weighted by Gasteiger charge is 2.07. The Hall–Kier alpha value is -2.50. The topological polar surface area (TPSA) is 96.2 Å². The molecule has 1 heterocycles. The van der Waals surface area contributed by atoms with Crippen LogP contribution in [0.2, 0.25) is 0 Å². The van der Waals surface area contributed by atoms with Crippen molar-refractivity contribution in [2.45, 2.75) is 6.54 Å². The van der Waals surface area contributed by atoms with Gasteiger partial charge < -0.3 is 16.2 Å². The third kappa shape index (κ3) is 2.79. The first-order chi connectivity index (χ1) is 8.66. The minimum atomic E-state index is -0.506. The average Bonchev–Trinajstić information content (AvgIpc) is 2.75. The Morgan fingerprint density at radius 1 is 1.33 bits per heavy atom. The van der Waals surface area contributed by atoms with Crippen LogP contribution in [0.3, 0.4) is 0 Å². The van der Waals surface area contributed by atoms with Gasteiger partial charge in [-0.3, -0.25) is 9.48 Å². The van der Waals surface area contributed by atoms with E-state index in [1.165, 1.54) is 0 Å². The smallest absolute Gasteiger partial charge is 0.252 e. The summed E-state index contributed by atoms with van der Waals surface area (Å²) in [7, 11) is 0. The lowest BCUT2D eigenvalue weighted by atomic mass is 10.2. The van der Waals surface area contributed by atoms with Crippen LogP contribution in [0.4, 0.5) is 5.82 Å². The van der Waals surface area contributed by atoms with Gasteiger partial charge in [-0.05, 0) is 18.2 Å². The van der Waals surface area contributed by atoms with Crippen LogP contribution >= 0.6 is 0 Å². The summed E-state index contributed by atoms with van der Waals surface area (Å²) in [5.41, 5.74) is 11.1. The van der Waals surface area contributed by atoms with E-state index in [0.717, 1.165) is 0 Å². The highest BCUT2D eigenvalue weighted by atomic mass is 16.5. The first-order valence-electron chi connectivity index (χ1n) is 5.47. The molecule has 0 saturated heterocycles. The van der Waals surface area contributed by atoms with E-state index >= 15 is 0 Å². The van der Waals surface area contributed by atoms with E-state index < -0.39 is 5.91 Å². The number of benzene rings is 1. The number of amides is 1. The number of hydrogen-bond donors (Lipinski definition) is 2. The quantitative estimate of drug-likeness (QED) is 0.809. The number of carbonyl (C=O) groups excluding carboxylic acids is 1. The molecule has 1 amide bonds. The van der Waals surface area contributed by atoms with E-state index in [9.17, 15) is 4.79 Å². The summed E-state index contributed by atoms with van der Waals surface area (Å²) in [5.74, 6) is 0.437. The average molecular weight is 246 g/mol.